The molecule has 7 nitrogen and oxygen atoms in total. The van der Waals surface area contributed by atoms with Crippen LogP contribution in [0.2, 0.25) is 0 Å². The highest BCUT2D eigenvalue weighted by atomic mass is 16.5. The first kappa shape index (κ1) is 18.4. The fraction of sp³-hybridized carbons (Fsp3) is 0.769. The summed E-state index contributed by atoms with van der Waals surface area (Å²) in [5, 5.41) is 13.4. The summed E-state index contributed by atoms with van der Waals surface area (Å²) < 4.78 is 4.99. The molecule has 0 aliphatic carbocycles. The van der Waals surface area contributed by atoms with Gasteiger partial charge in [0.15, 0.2) is 0 Å². The van der Waals surface area contributed by atoms with E-state index >= 15 is 0 Å². The fourth-order valence-electron chi connectivity index (χ4n) is 1.65. The highest BCUT2D eigenvalue weighted by Gasteiger charge is 2.18. The number of ether oxygens (including phenoxy) is 1. The van der Waals surface area contributed by atoms with Gasteiger partial charge < -0.3 is 15.2 Å². The summed E-state index contributed by atoms with van der Waals surface area (Å²) in [4.78, 5) is 33.7. The number of carboxylic acids is 1. The van der Waals surface area contributed by atoms with Crippen LogP contribution in [0.3, 0.4) is 0 Å². The maximum atomic E-state index is 11.6. The molecule has 0 spiro atoms. The lowest BCUT2D eigenvalue weighted by molar-refractivity contribution is -0.138. The second-order valence-electron chi connectivity index (χ2n) is 5.23. The Morgan fingerprint density at radius 1 is 1.15 bits per heavy atom. The van der Waals surface area contributed by atoms with Gasteiger partial charge in [-0.2, -0.15) is 0 Å². The van der Waals surface area contributed by atoms with Crippen molar-refractivity contribution in [3.8, 4) is 0 Å². The molecule has 116 valence electrons. The summed E-state index contributed by atoms with van der Waals surface area (Å²) in [6, 6.07) is -0.780. The molecule has 0 aliphatic rings. The molecule has 0 aromatic heterocycles. The van der Waals surface area contributed by atoms with E-state index in [-0.39, 0.29) is 30.7 Å². The summed E-state index contributed by atoms with van der Waals surface area (Å²) in [5.41, 5.74) is 0. The van der Waals surface area contributed by atoms with Gasteiger partial charge in [-0.25, -0.2) is 4.79 Å². The van der Waals surface area contributed by atoms with Gasteiger partial charge in [-0.05, 0) is 11.8 Å². The number of imide groups is 1. The van der Waals surface area contributed by atoms with Gasteiger partial charge in [0.1, 0.15) is 0 Å². The number of hydrogen-bond donors (Lipinski definition) is 3. The summed E-state index contributed by atoms with van der Waals surface area (Å²) in [6.45, 7) is 5.86. The first-order valence-corrected chi connectivity index (χ1v) is 6.57. The fourth-order valence-corrected chi connectivity index (χ4v) is 1.65. The Hall–Kier alpha value is -1.63. The predicted octanol–water partition coefficient (Wildman–Crippen LogP) is 0.984. The Kier molecular flexibility index (Phi) is 8.54. The van der Waals surface area contributed by atoms with E-state index in [1.807, 2.05) is 13.8 Å². The van der Waals surface area contributed by atoms with Gasteiger partial charge in [0.2, 0.25) is 5.91 Å². The van der Waals surface area contributed by atoms with Crippen LogP contribution in [0.25, 0.3) is 0 Å². The Morgan fingerprint density at radius 3 is 2.20 bits per heavy atom. The Bertz CT molecular complexity index is 344. The zero-order valence-corrected chi connectivity index (χ0v) is 12.4. The standard InChI is InChI=1S/C13H24N2O5/c1-8(2)10(7-20-4)14-13(19)15-11(16)5-9(3)6-12(17)18/h8-10H,5-7H2,1-4H3,(H,17,18)(H2,14,15,16,19). The molecule has 0 fully saturated rings. The lowest BCUT2D eigenvalue weighted by atomic mass is 10.0. The number of carbonyl (C=O) groups excluding carboxylic acids is 2. The summed E-state index contributed by atoms with van der Waals surface area (Å²) in [5.74, 6) is -1.60. The van der Waals surface area contributed by atoms with E-state index in [1.54, 1.807) is 6.92 Å². The lowest BCUT2D eigenvalue weighted by Crippen LogP contribution is -2.48. The van der Waals surface area contributed by atoms with Gasteiger partial charge >= 0.3 is 12.0 Å². The number of urea groups is 1. The van der Waals surface area contributed by atoms with Crippen molar-refractivity contribution in [2.75, 3.05) is 13.7 Å². The zero-order chi connectivity index (χ0) is 15.7. The van der Waals surface area contributed by atoms with E-state index in [0.29, 0.717) is 6.61 Å². The monoisotopic (exact) mass is 288 g/mol. The van der Waals surface area contributed by atoms with Gasteiger partial charge in [0.05, 0.1) is 12.6 Å². The summed E-state index contributed by atoms with van der Waals surface area (Å²) in [7, 11) is 1.54. The summed E-state index contributed by atoms with van der Waals surface area (Å²) in [6.07, 6.45) is -0.107. The molecule has 0 aliphatic heterocycles. The third-order valence-corrected chi connectivity index (χ3v) is 2.78. The number of hydrogen-bond acceptors (Lipinski definition) is 4. The molecular formula is C13H24N2O5. The molecule has 20 heavy (non-hydrogen) atoms. The van der Waals surface area contributed by atoms with E-state index in [4.69, 9.17) is 9.84 Å². The molecule has 0 rings (SSSR count). The third-order valence-electron chi connectivity index (χ3n) is 2.78. The second kappa shape index (κ2) is 9.30. The van der Waals surface area contributed by atoms with Crippen molar-refractivity contribution >= 4 is 17.9 Å². The third kappa shape index (κ3) is 8.47. The van der Waals surface area contributed by atoms with Crippen LogP contribution < -0.4 is 10.6 Å². The van der Waals surface area contributed by atoms with Crippen LogP contribution in [0.1, 0.15) is 33.6 Å². The summed E-state index contributed by atoms with van der Waals surface area (Å²) >= 11 is 0. The molecule has 0 saturated heterocycles. The highest BCUT2D eigenvalue weighted by Crippen LogP contribution is 2.07. The molecule has 3 amide bonds. The number of carboxylic acid groups (broad SMARTS) is 1. The van der Waals surface area contributed by atoms with Crippen LogP contribution in [0.4, 0.5) is 4.79 Å². The van der Waals surface area contributed by atoms with Crippen molar-refractivity contribution in [2.45, 2.75) is 39.7 Å². The normalized spacial score (nSPS) is 13.7. The van der Waals surface area contributed by atoms with Crippen LogP contribution in [-0.2, 0) is 14.3 Å². The highest BCUT2D eigenvalue weighted by molar-refractivity contribution is 5.94. The van der Waals surface area contributed by atoms with Crippen molar-refractivity contribution < 1.29 is 24.2 Å². The Morgan fingerprint density at radius 2 is 1.75 bits per heavy atom. The van der Waals surface area contributed by atoms with E-state index in [2.05, 4.69) is 10.6 Å². The Labute approximate surface area is 119 Å². The number of methoxy groups -OCH3 is 1. The lowest BCUT2D eigenvalue weighted by Gasteiger charge is -2.21. The predicted molar refractivity (Wildman–Crippen MR) is 73.2 cm³/mol. The van der Waals surface area contributed by atoms with Crippen LogP contribution in [0.5, 0.6) is 0 Å². The average molecular weight is 288 g/mol. The second-order valence-corrected chi connectivity index (χ2v) is 5.23. The number of aliphatic carboxylic acids is 1. The number of amides is 3. The Balaban J connectivity index is 4.18. The number of carbonyl (C=O) groups is 3. The quantitative estimate of drug-likeness (QED) is 0.617. The molecule has 0 bridgehead atoms. The van der Waals surface area contributed by atoms with E-state index < -0.39 is 17.9 Å². The molecule has 7 heteroatoms. The number of nitrogens with one attached hydrogen (secondary N) is 2. The van der Waals surface area contributed by atoms with Crippen molar-refractivity contribution in [2.24, 2.45) is 11.8 Å². The van der Waals surface area contributed by atoms with Crippen LogP contribution in [-0.4, -0.2) is 42.8 Å². The molecule has 0 radical (unpaired) electrons. The molecule has 2 unspecified atom stereocenters. The topological polar surface area (TPSA) is 105 Å². The van der Waals surface area contributed by atoms with Crippen molar-refractivity contribution in [3.63, 3.8) is 0 Å². The zero-order valence-electron chi connectivity index (χ0n) is 12.4. The minimum Gasteiger partial charge on any atom is -0.481 e. The van der Waals surface area contributed by atoms with Crippen LogP contribution in [0.15, 0.2) is 0 Å². The van der Waals surface area contributed by atoms with Crippen LogP contribution in [0, 0.1) is 11.8 Å². The number of rotatable bonds is 8. The molecule has 0 aromatic carbocycles. The first-order chi connectivity index (χ1) is 9.26. The van der Waals surface area contributed by atoms with Crippen molar-refractivity contribution in [1.29, 1.82) is 0 Å². The van der Waals surface area contributed by atoms with Gasteiger partial charge in [-0.3, -0.25) is 14.9 Å². The largest absolute Gasteiger partial charge is 0.481 e. The minimum absolute atomic E-state index is 0.00363. The van der Waals surface area contributed by atoms with Gasteiger partial charge in [0.25, 0.3) is 0 Å². The molecule has 2 atom stereocenters. The maximum absolute atomic E-state index is 11.6. The van der Waals surface area contributed by atoms with E-state index in [9.17, 15) is 14.4 Å². The first-order valence-electron chi connectivity index (χ1n) is 6.57. The van der Waals surface area contributed by atoms with Crippen molar-refractivity contribution in [3.05, 3.63) is 0 Å². The average Bonchev–Trinajstić information content (AvgIpc) is 2.26. The van der Waals surface area contributed by atoms with E-state index in [0.717, 1.165) is 0 Å². The molecular weight excluding hydrogens is 264 g/mol. The molecule has 0 saturated carbocycles. The minimum atomic E-state index is -0.963. The maximum Gasteiger partial charge on any atom is 0.321 e. The van der Waals surface area contributed by atoms with Gasteiger partial charge in [-0.15, -0.1) is 0 Å². The SMILES string of the molecule is COCC(NC(=O)NC(=O)CC(C)CC(=O)O)C(C)C. The van der Waals surface area contributed by atoms with E-state index in [1.165, 1.54) is 7.11 Å². The molecule has 0 aromatic rings. The van der Waals surface area contributed by atoms with Crippen molar-refractivity contribution in [1.82, 2.24) is 10.6 Å². The molecule has 0 heterocycles. The van der Waals surface area contributed by atoms with Gasteiger partial charge in [0, 0.05) is 20.0 Å². The molecule has 3 N–H and O–H groups in total. The smallest absolute Gasteiger partial charge is 0.321 e. The van der Waals surface area contributed by atoms with Crippen LogP contribution >= 0.6 is 0 Å². The van der Waals surface area contributed by atoms with Gasteiger partial charge in [-0.1, -0.05) is 20.8 Å².